The highest BCUT2D eigenvalue weighted by molar-refractivity contribution is 5.38. The molecular formula is C15H22N4. The summed E-state index contributed by atoms with van der Waals surface area (Å²) in [6, 6.07) is 5.36. The van der Waals surface area contributed by atoms with Gasteiger partial charge in [-0.2, -0.15) is 5.10 Å². The van der Waals surface area contributed by atoms with Gasteiger partial charge in [0.15, 0.2) is 11.5 Å². The van der Waals surface area contributed by atoms with Crippen LogP contribution in [0.25, 0.3) is 5.65 Å². The van der Waals surface area contributed by atoms with E-state index < -0.39 is 0 Å². The first-order valence-electron chi connectivity index (χ1n) is 7.21. The first-order valence-corrected chi connectivity index (χ1v) is 7.21. The van der Waals surface area contributed by atoms with Gasteiger partial charge in [0.1, 0.15) is 0 Å². The lowest BCUT2D eigenvalue weighted by Gasteiger charge is -2.27. The van der Waals surface area contributed by atoms with Crippen LogP contribution in [0, 0.1) is 6.92 Å². The van der Waals surface area contributed by atoms with E-state index in [1.54, 1.807) is 0 Å². The number of nitrogens with zero attached hydrogens (tertiary/aromatic N) is 4. The van der Waals surface area contributed by atoms with Crippen molar-refractivity contribution in [1.82, 2.24) is 19.5 Å². The Morgan fingerprint density at radius 1 is 1.37 bits per heavy atom. The van der Waals surface area contributed by atoms with Crippen LogP contribution >= 0.6 is 0 Å². The van der Waals surface area contributed by atoms with Crippen LogP contribution in [-0.2, 0) is 6.42 Å². The van der Waals surface area contributed by atoms with E-state index in [-0.39, 0.29) is 0 Å². The summed E-state index contributed by atoms with van der Waals surface area (Å²) < 4.78 is 1.90. The van der Waals surface area contributed by atoms with E-state index >= 15 is 0 Å². The van der Waals surface area contributed by atoms with Crippen LogP contribution in [0.5, 0.6) is 0 Å². The Morgan fingerprint density at radius 3 is 3.00 bits per heavy atom. The first kappa shape index (κ1) is 12.6. The van der Waals surface area contributed by atoms with E-state index in [0.29, 0.717) is 12.1 Å². The summed E-state index contributed by atoms with van der Waals surface area (Å²) in [7, 11) is 0. The van der Waals surface area contributed by atoms with Crippen molar-refractivity contribution in [3.8, 4) is 0 Å². The standard InChI is InChI=1S/C15H22N4/c1-11(2)18-8-4-5-13(18)9-14-16-15-7-6-12(3)10-19(15)17-14/h6-7,10-11,13H,4-5,8-9H2,1-3H3. The van der Waals surface area contributed by atoms with Crippen LogP contribution in [-0.4, -0.2) is 38.1 Å². The number of likely N-dealkylation sites (tertiary alicyclic amines) is 1. The maximum absolute atomic E-state index is 4.64. The minimum atomic E-state index is 0.610. The first-order chi connectivity index (χ1) is 9.13. The van der Waals surface area contributed by atoms with E-state index in [0.717, 1.165) is 17.9 Å². The number of hydrogen-bond acceptors (Lipinski definition) is 3. The zero-order valence-electron chi connectivity index (χ0n) is 12.0. The van der Waals surface area contributed by atoms with Crippen molar-refractivity contribution in [3.05, 3.63) is 29.7 Å². The lowest BCUT2D eigenvalue weighted by Crippen LogP contribution is -2.36. The second-order valence-electron chi connectivity index (χ2n) is 5.87. The molecule has 0 amide bonds. The maximum atomic E-state index is 4.64. The molecule has 0 aliphatic carbocycles. The minimum absolute atomic E-state index is 0.610. The van der Waals surface area contributed by atoms with Gasteiger partial charge in [-0.25, -0.2) is 9.50 Å². The van der Waals surface area contributed by atoms with Crippen LogP contribution in [0.3, 0.4) is 0 Å². The summed E-state index contributed by atoms with van der Waals surface area (Å²) in [6.07, 6.45) is 5.59. The van der Waals surface area contributed by atoms with Gasteiger partial charge in [0, 0.05) is 24.7 Å². The molecule has 0 aromatic carbocycles. The van der Waals surface area contributed by atoms with E-state index in [2.05, 4.69) is 41.8 Å². The summed E-state index contributed by atoms with van der Waals surface area (Å²) in [4.78, 5) is 7.22. The highest BCUT2D eigenvalue weighted by Crippen LogP contribution is 2.22. The molecule has 4 nitrogen and oxygen atoms in total. The molecule has 1 saturated heterocycles. The lowest BCUT2D eigenvalue weighted by molar-refractivity contribution is 0.201. The van der Waals surface area contributed by atoms with Gasteiger partial charge < -0.3 is 0 Å². The molecule has 3 rings (SSSR count). The maximum Gasteiger partial charge on any atom is 0.155 e. The van der Waals surface area contributed by atoms with Gasteiger partial charge in [0.25, 0.3) is 0 Å². The minimum Gasteiger partial charge on any atom is -0.298 e. The molecule has 0 radical (unpaired) electrons. The number of hydrogen-bond donors (Lipinski definition) is 0. The van der Waals surface area contributed by atoms with E-state index in [9.17, 15) is 0 Å². The molecule has 2 aromatic heterocycles. The van der Waals surface area contributed by atoms with E-state index in [1.807, 2.05) is 16.8 Å². The van der Waals surface area contributed by atoms with Gasteiger partial charge in [0.05, 0.1) is 0 Å². The molecule has 0 saturated carbocycles. The second kappa shape index (κ2) is 4.93. The van der Waals surface area contributed by atoms with Crippen molar-refractivity contribution < 1.29 is 0 Å². The zero-order valence-corrected chi connectivity index (χ0v) is 12.0. The lowest BCUT2D eigenvalue weighted by atomic mass is 10.1. The predicted molar refractivity (Wildman–Crippen MR) is 76.3 cm³/mol. The van der Waals surface area contributed by atoms with Gasteiger partial charge in [-0.15, -0.1) is 0 Å². The third kappa shape index (κ3) is 2.50. The third-order valence-electron chi connectivity index (χ3n) is 4.03. The van der Waals surface area contributed by atoms with E-state index in [4.69, 9.17) is 0 Å². The Hall–Kier alpha value is -1.42. The number of aryl methyl sites for hydroxylation is 1. The Balaban J connectivity index is 1.81. The molecule has 1 aliphatic heterocycles. The van der Waals surface area contributed by atoms with Gasteiger partial charge >= 0.3 is 0 Å². The van der Waals surface area contributed by atoms with Gasteiger partial charge in [0.2, 0.25) is 0 Å². The van der Waals surface area contributed by atoms with Crippen molar-refractivity contribution in [1.29, 1.82) is 0 Å². The Morgan fingerprint density at radius 2 is 2.21 bits per heavy atom. The highest BCUT2D eigenvalue weighted by Gasteiger charge is 2.27. The number of aromatic nitrogens is 3. The van der Waals surface area contributed by atoms with Gasteiger partial charge in [-0.1, -0.05) is 6.07 Å². The average molecular weight is 258 g/mol. The summed E-state index contributed by atoms with van der Waals surface area (Å²) in [6.45, 7) is 7.85. The molecule has 1 fully saturated rings. The second-order valence-corrected chi connectivity index (χ2v) is 5.87. The summed E-state index contributed by atoms with van der Waals surface area (Å²) >= 11 is 0. The van der Waals surface area contributed by atoms with Crippen LogP contribution in [0.15, 0.2) is 18.3 Å². The van der Waals surface area contributed by atoms with Crippen LogP contribution in [0.1, 0.15) is 38.1 Å². The fraction of sp³-hybridized carbons (Fsp3) is 0.600. The van der Waals surface area contributed by atoms with Gasteiger partial charge in [-0.05, 0) is 51.8 Å². The normalized spacial score (nSPS) is 20.7. The largest absolute Gasteiger partial charge is 0.298 e. The highest BCUT2D eigenvalue weighted by atomic mass is 15.3. The Kier molecular flexibility index (Phi) is 3.27. The Bertz CT molecular complexity index is 573. The molecule has 4 heteroatoms. The van der Waals surface area contributed by atoms with Crippen LogP contribution in [0.4, 0.5) is 0 Å². The molecule has 2 aromatic rings. The molecule has 1 unspecified atom stereocenters. The summed E-state index contributed by atoms with van der Waals surface area (Å²) in [5.74, 6) is 0.975. The van der Waals surface area contributed by atoms with Crippen LogP contribution in [0.2, 0.25) is 0 Å². The van der Waals surface area contributed by atoms with Crippen molar-refractivity contribution in [2.24, 2.45) is 0 Å². The molecule has 102 valence electrons. The fourth-order valence-electron chi connectivity index (χ4n) is 3.09. The number of pyridine rings is 1. The van der Waals surface area contributed by atoms with Crippen molar-refractivity contribution in [2.75, 3.05) is 6.54 Å². The molecule has 0 spiro atoms. The molecular weight excluding hydrogens is 236 g/mol. The quantitative estimate of drug-likeness (QED) is 0.848. The topological polar surface area (TPSA) is 33.4 Å². The van der Waals surface area contributed by atoms with Crippen molar-refractivity contribution in [2.45, 2.75) is 52.1 Å². The molecule has 1 aliphatic rings. The molecule has 3 heterocycles. The van der Waals surface area contributed by atoms with Crippen molar-refractivity contribution >= 4 is 5.65 Å². The summed E-state index contributed by atoms with van der Waals surface area (Å²) in [5.41, 5.74) is 2.17. The fourth-order valence-corrected chi connectivity index (χ4v) is 3.09. The average Bonchev–Trinajstić information content (AvgIpc) is 2.95. The van der Waals surface area contributed by atoms with Gasteiger partial charge in [-0.3, -0.25) is 4.90 Å². The van der Waals surface area contributed by atoms with Crippen molar-refractivity contribution in [3.63, 3.8) is 0 Å². The number of fused-ring (bicyclic) bond motifs is 1. The van der Waals surface area contributed by atoms with E-state index in [1.165, 1.54) is 24.9 Å². The molecule has 19 heavy (non-hydrogen) atoms. The number of rotatable bonds is 3. The Labute approximate surface area is 114 Å². The monoisotopic (exact) mass is 258 g/mol. The third-order valence-corrected chi connectivity index (χ3v) is 4.03. The molecule has 0 N–H and O–H groups in total. The van der Waals surface area contributed by atoms with Crippen LogP contribution < -0.4 is 0 Å². The zero-order chi connectivity index (χ0) is 13.4. The SMILES string of the molecule is Cc1ccc2nc(CC3CCCN3C(C)C)nn2c1. The molecule has 1 atom stereocenters. The molecule has 0 bridgehead atoms. The summed E-state index contributed by atoms with van der Waals surface area (Å²) in [5, 5.41) is 4.61. The predicted octanol–water partition coefficient (Wildman–Crippen LogP) is 2.45. The smallest absolute Gasteiger partial charge is 0.155 e.